The molecule has 152 valence electrons. The molecule has 1 aliphatic carbocycles. The lowest BCUT2D eigenvalue weighted by Gasteiger charge is -2.33. The van der Waals surface area contributed by atoms with Crippen molar-refractivity contribution >= 4 is 17.1 Å². The minimum atomic E-state index is 0.0332. The van der Waals surface area contributed by atoms with Gasteiger partial charge < -0.3 is 14.2 Å². The van der Waals surface area contributed by atoms with Crippen LogP contribution in [0.25, 0.3) is 11.2 Å². The van der Waals surface area contributed by atoms with E-state index in [0.717, 1.165) is 55.9 Å². The van der Waals surface area contributed by atoms with Gasteiger partial charge in [-0.15, -0.1) is 0 Å². The number of hydrogen-bond donors (Lipinski definition) is 0. The normalized spacial score (nSPS) is 19.6. The maximum Gasteiger partial charge on any atom is 0.223 e. The molecule has 2 aliphatic rings. The summed E-state index contributed by atoms with van der Waals surface area (Å²) in [5.74, 6) is 1.90. The smallest absolute Gasteiger partial charge is 0.223 e. The molecule has 0 bridgehead atoms. The molecule has 0 N–H and O–H groups in total. The molecule has 4 rings (SSSR count). The lowest BCUT2D eigenvalue weighted by Crippen LogP contribution is -2.43. The van der Waals surface area contributed by atoms with Crippen molar-refractivity contribution in [2.24, 2.45) is 11.3 Å². The van der Waals surface area contributed by atoms with Crippen molar-refractivity contribution in [1.82, 2.24) is 19.4 Å². The number of carbonyl (C=O) groups is 1. The molecule has 0 unspecified atom stereocenters. The maximum absolute atomic E-state index is 13.0. The highest BCUT2D eigenvalue weighted by atomic mass is 16.5. The Labute approximate surface area is 167 Å². The first-order valence-corrected chi connectivity index (χ1v) is 10.7. The van der Waals surface area contributed by atoms with Crippen LogP contribution in [0.1, 0.15) is 51.8 Å². The monoisotopic (exact) mass is 384 g/mol. The Kier molecular flexibility index (Phi) is 5.67. The molecule has 0 radical (unpaired) electrons. The van der Waals surface area contributed by atoms with Gasteiger partial charge in [0.05, 0.1) is 13.2 Å². The summed E-state index contributed by atoms with van der Waals surface area (Å²) in [6.45, 7) is 8.15. The molecule has 0 spiro atoms. The molecule has 3 heterocycles. The molecule has 2 aromatic rings. The van der Waals surface area contributed by atoms with Gasteiger partial charge in [-0.2, -0.15) is 0 Å². The molecule has 0 atom stereocenters. The lowest BCUT2D eigenvalue weighted by atomic mass is 9.78. The standard InChI is InChI=1S/C22H32N4O2/c1-17(2)16-26-19(24-18-6-5-9-23-21(18)26)14-22(7-3-4-8-22)15-20(27)25-10-12-28-13-11-25/h5-6,9,17H,3-4,7-8,10-16H2,1-2H3. The summed E-state index contributed by atoms with van der Waals surface area (Å²) in [4.78, 5) is 24.6. The first-order valence-electron chi connectivity index (χ1n) is 10.7. The number of morpholine rings is 1. The number of pyridine rings is 1. The molecule has 28 heavy (non-hydrogen) atoms. The second-order valence-electron chi connectivity index (χ2n) is 8.93. The number of rotatable bonds is 6. The fourth-order valence-corrected chi connectivity index (χ4v) is 4.82. The fraction of sp³-hybridized carbons (Fsp3) is 0.682. The topological polar surface area (TPSA) is 60.2 Å². The number of hydrogen-bond acceptors (Lipinski definition) is 4. The van der Waals surface area contributed by atoms with Crippen LogP contribution in [0.15, 0.2) is 18.3 Å². The van der Waals surface area contributed by atoms with Gasteiger partial charge in [-0.1, -0.05) is 26.7 Å². The maximum atomic E-state index is 13.0. The van der Waals surface area contributed by atoms with Crippen molar-refractivity contribution in [2.75, 3.05) is 26.3 Å². The average molecular weight is 385 g/mol. The van der Waals surface area contributed by atoms with Crippen LogP contribution in [-0.4, -0.2) is 51.6 Å². The van der Waals surface area contributed by atoms with Crippen LogP contribution in [0.2, 0.25) is 0 Å². The van der Waals surface area contributed by atoms with Gasteiger partial charge in [0.15, 0.2) is 5.65 Å². The SMILES string of the molecule is CC(C)Cn1c(CC2(CC(=O)N3CCOCC3)CCCC2)nc2cccnc21. The van der Waals surface area contributed by atoms with E-state index in [1.54, 1.807) is 0 Å². The largest absolute Gasteiger partial charge is 0.378 e. The van der Waals surface area contributed by atoms with Gasteiger partial charge in [0.1, 0.15) is 11.3 Å². The third-order valence-electron chi connectivity index (χ3n) is 6.22. The van der Waals surface area contributed by atoms with Gasteiger partial charge in [0.2, 0.25) is 5.91 Å². The second-order valence-corrected chi connectivity index (χ2v) is 8.93. The lowest BCUT2D eigenvalue weighted by molar-refractivity contribution is -0.137. The van der Waals surface area contributed by atoms with E-state index in [2.05, 4.69) is 23.4 Å². The molecule has 1 saturated carbocycles. The summed E-state index contributed by atoms with van der Waals surface area (Å²) in [6.07, 6.45) is 7.98. The molecule has 6 heteroatoms. The number of fused-ring (bicyclic) bond motifs is 1. The van der Waals surface area contributed by atoms with Crippen LogP contribution >= 0.6 is 0 Å². The van der Waals surface area contributed by atoms with Gasteiger partial charge >= 0.3 is 0 Å². The van der Waals surface area contributed by atoms with Crippen LogP contribution in [0.3, 0.4) is 0 Å². The quantitative estimate of drug-likeness (QED) is 0.765. The van der Waals surface area contributed by atoms with Crippen LogP contribution in [0, 0.1) is 11.3 Å². The Balaban J connectivity index is 1.60. The first kappa shape index (κ1) is 19.4. The van der Waals surface area contributed by atoms with Crippen molar-refractivity contribution in [3.05, 3.63) is 24.2 Å². The molecule has 6 nitrogen and oxygen atoms in total. The molecule has 2 aromatic heterocycles. The average Bonchev–Trinajstić information content (AvgIpc) is 3.27. The van der Waals surface area contributed by atoms with Crippen molar-refractivity contribution < 1.29 is 9.53 Å². The Hall–Kier alpha value is -1.95. The third kappa shape index (κ3) is 4.07. The first-order chi connectivity index (χ1) is 13.6. The summed E-state index contributed by atoms with van der Waals surface area (Å²) in [7, 11) is 0. The Morgan fingerprint density at radius 3 is 2.71 bits per heavy atom. The summed E-state index contributed by atoms with van der Waals surface area (Å²) in [5.41, 5.74) is 1.97. The van der Waals surface area contributed by atoms with E-state index in [-0.39, 0.29) is 11.3 Å². The molecule has 1 aliphatic heterocycles. The van der Waals surface area contributed by atoms with Crippen molar-refractivity contribution in [2.45, 2.75) is 58.9 Å². The molecule has 1 amide bonds. The summed E-state index contributed by atoms with van der Waals surface area (Å²) >= 11 is 0. The van der Waals surface area contributed by atoms with Crippen molar-refractivity contribution in [3.8, 4) is 0 Å². The summed E-state index contributed by atoms with van der Waals surface area (Å²) < 4.78 is 7.70. The van der Waals surface area contributed by atoms with Crippen LogP contribution < -0.4 is 0 Å². The molecular weight excluding hydrogens is 352 g/mol. The van der Waals surface area contributed by atoms with Gasteiger partial charge in [-0.3, -0.25) is 4.79 Å². The summed E-state index contributed by atoms with van der Waals surface area (Å²) in [5, 5.41) is 0. The number of amides is 1. The zero-order chi connectivity index (χ0) is 19.6. The van der Waals surface area contributed by atoms with E-state index >= 15 is 0 Å². The van der Waals surface area contributed by atoms with E-state index in [9.17, 15) is 4.79 Å². The van der Waals surface area contributed by atoms with Gasteiger partial charge in [0.25, 0.3) is 0 Å². The van der Waals surface area contributed by atoms with Gasteiger partial charge in [-0.05, 0) is 36.3 Å². The second kappa shape index (κ2) is 8.19. The zero-order valence-corrected chi connectivity index (χ0v) is 17.2. The van der Waals surface area contributed by atoms with E-state index in [0.29, 0.717) is 25.6 Å². The van der Waals surface area contributed by atoms with E-state index < -0.39 is 0 Å². The molecule has 1 saturated heterocycles. The number of aromatic nitrogens is 3. The van der Waals surface area contributed by atoms with E-state index in [1.807, 2.05) is 23.2 Å². The summed E-state index contributed by atoms with van der Waals surface area (Å²) in [6, 6.07) is 4.00. The highest BCUT2D eigenvalue weighted by molar-refractivity contribution is 5.77. The minimum absolute atomic E-state index is 0.0332. The molecular formula is C22H32N4O2. The van der Waals surface area contributed by atoms with Gasteiger partial charge in [0, 0.05) is 38.7 Å². The Morgan fingerprint density at radius 1 is 1.25 bits per heavy atom. The number of ether oxygens (including phenoxy) is 1. The van der Waals surface area contributed by atoms with Crippen molar-refractivity contribution in [3.63, 3.8) is 0 Å². The number of carbonyl (C=O) groups excluding carboxylic acids is 1. The van der Waals surface area contributed by atoms with Crippen LogP contribution in [0.4, 0.5) is 0 Å². The molecule has 0 aromatic carbocycles. The van der Waals surface area contributed by atoms with Crippen molar-refractivity contribution in [1.29, 1.82) is 0 Å². The van der Waals surface area contributed by atoms with Gasteiger partial charge in [-0.25, -0.2) is 9.97 Å². The Morgan fingerprint density at radius 2 is 2.00 bits per heavy atom. The predicted octanol–water partition coefficient (Wildman–Crippen LogP) is 3.44. The van der Waals surface area contributed by atoms with E-state index in [1.165, 1.54) is 12.8 Å². The fourth-order valence-electron chi connectivity index (χ4n) is 4.82. The van der Waals surface area contributed by atoms with Crippen LogP contribution in [0.5, 0.6) is 0 Å². The van der Waals surface area contributed by atoms with E-state index in [4.69, 9.17) is 9.72 Å². The Bertz CT molecular complexity index is 817. The third-order valence-corrected chi connectivity index (χ3v) is 6.22. The zero-order valence-electron chi connectivity index (χ0n) is 17.2. The molecule has 2 fully saturated rings. The highest BCUT2D eigenvalue weighted by Gasteiger charge is 2.39. The predicted molar refractivity (Wildman–Crippen MR) is 109 cm³/mol. The highest BCUT2D eigenvalue weighted by Crippen LogP contribution is 2.44. The minimum Gasteiger partial charge on any atom is -0.378 e. The van der Waals surface area contributed by atoms with Crippen LogP contribution in [-0.2, 0) is 22.5 Å². The number of imidazole rings is 1. The number of nitrogens with zero attached hydrogens (tertiary/aromatic N) is 4.